The fraction of sp³-hybridized carbons (Fsp3) is 0.417. The first-order valence-electron chi connectivity index (χ1n) is 5.96. The summed E-state index contributed by atoms with van der Waals surface area (Å²) in [7, 11) is 0. The SMILES string of the molecule is CC(C)Nc1cnn(CCn2cccn2)c(=O)c1. The highest BCUT2D eigenvalue weighted by Crippen LogP contribution is 2.01. The Bertz CT molecular complexity index is 544. The molecular formula is C12H17N5O. The lowest BCUT2D eigenvalue weighted by molar-refractivity contribution is 0.482. The maximum atomic E-state index is 11.8. The van der Waals surface area contributed by atoms with E-state index in [1.807, 2.05) is 26.1 Å². The summed E-state index contributed by atoms with van der Waals surface area (Å²) in [5.41, 5.74) is 0.651. The molecule has 0 spiro atoms. The lowest BCUT2D eigenvalue weighted by Gasteiger charge is -2.10. The molecule has 2 heterocycles. The van der Waals surface area contributed by atoms with Crippen LogP contribution in [0, 0.1) is 0 Å². The van der Waals surface area contributed by atoms with Gasteiger partial charge < -0.3 is 5.32 Å². The van der Waals surface area contributed by atoms with Crippen LogP contribution in [0.2, 0.25) is 0 Å². The van der Waals surface area contributed by atoms with Gasteiger partial charge in [-0.15, -0.1) is 0 Å². The Hall–Kier alpha value is -2.11. The largest absolute Gasteiger partial charge is 0.381 e. The molecule has 2 rings (SSSR count). The number of nitrogens with one attached hydrogen (secondary N) is 1. The van der Waals surface area contributed by atoms with Crippen LogP contribution in [0.15, 0.2) is 35.5 Å². The molecule has 2 aromatic heterocycles. The van der Waals surface area contributed by atoms with Gasteiger partial charge in [-0.1, -0.05) is 0 Å². The first-order chi connectivity index (χ1) is 8.65. The molecule has 0 aliphatic heterocycles. The van der Waals surface area contributed by atoms with Gasteiger partial charge in [0.15, 0.2) is 0 Å². The molecule has 0 aromatic carbocycles. The van der Waals surface area contributed by atoms with Gasteiger partial charge in [0.1, 0.15) is 0 Å². The van der Waals surface area contributed by atoms with Crippen LogP contribution in [0.3, 0.4) is 0 Å². The average molecular weight is 247 g/mol. The fourth-order valence-electron chi connectivity index (χ4n) is 1.64. The highest BCUT2D eigenvalue weighted by molar-refractivity contribution is 5.39. The van der Waals surface area contributed by atoms with Crippen molar-refractivity contribution in [2.75, 3.05) is 5.32 Å². The smallest absolute Gasteiger partial charge is 0.268 e. The van der Waals surface area contributed by atoms with Crippen LogP contribution >= 0.6 is 0 Å². The molecule has 96 valence electrons. The molecule has 0 bridgehead atoms. The second-order valence-corrected chi connectivity index (χ2v) is 4.37. The highest BCUT2D eigenvalue weighted by Gasteiger charge is 2.01. The third-order valence-electron chi connectivity index (χ3n) is 2.43. The molecule has 18 heavy (non-hydrogen) atoms. The van der Waals surface area contributed by atoms with Gasteiger partial charge in [0.05, 0.1) is 25.0 Å². The summed E-state index contributed by atoms with van der Waals surface area (Å²) in [6.45, 7) is 5.19. The van der Waals surface area contributed by atoms with E-state index in [0.717, 1.165) is 5.69 Å². The predicted octanol–water partition coefficient (Wildman–Crippen LogP) is 0.960. The molecule has 0 fully saturated rings. The van der Waals surface area contributed by atoms with Crippen LogP contribution < -0.4 is 10.9 Å². The molecule has 0 saturated carbocycles. The molecule has 0 aliphatic carbocycles. The van der Waals surface area contributed by atoms with Crippen LogP contribution in [0.5, 0.6) is 0 Å². The van der Waals surface area contributed by atoms with Crippen molar-refractivity contribution in [3.05, 3.63) is 41.1 Å². The molecule has 0 radical (unpaired) electrons. The summed E-state index contributed by atoms with van der Waals surface area (Å²) >= 11 is 0. The molecule has 0 unspecified atom stereocenters. The van der Waals surface area contributed by atoms with Crippen LogP contribution in [-0.4, -0.2) is 25.6 Å². The zero-order chi connectivity index (χ0) is 13.0. The Kier molecular flexibility index (Phi) is 3.76. The minimum Gasteiger partial charge on any atom is -0.381 e. The fourth-order valence-corrected chi connectivity index (χ4v) is 1.64. The van der Waals surface area contributed by atoms with Gasteiger partial charge in [-0.25, -0.2) is 4.68 Å². The number of aryl methyl sites for hydroxylation is 2. The van der Waals surface area contributed by atoms with E-state index in [0.29, 0.717) is 13.1 Å². The van der Waals surface area contributed by atoms with Crippen LogP contribution in [0.25, 0.3) is 0 Å². The summed E-state index contributed by atoms with van der Waals surface area (Å²) in [6, 6.07) is 3.70. The predicted molar refractivity (Wildman–Crippen MR) is 69.5 cm³/mol. The quantitative estimate of drug-likeness (QED) is 0.854. The summed E-state index contributed by atoms with van der Waals surface area (Å²) in [4.78, 5) is 11.8. The van der Waals surface area contributed by atoms with Crippen molar-refractivity contribution < 1.29 is 0 Å². The van der Waals surface area contributed by atoms with E-state index >= 15 is 0 Å². The van der Waals surface area contributed by atoms with Gasteiger partial charge in [-0.05, 0) is 19.9 Å². The third-order valence-corrected chi connectivity index (χ3v) is 2.43. The topological polar surface area (TPSA) is 64.7 Å². The second kappa shape index (κ2) is 5.48. The summed E-state index contributed by atoms with van der Waals surface area (Å²) < 4.78 is 3.21. The normalized spacial score (nSPS) is 10.8. The number of nitrogens with zero attached hydrogens (tertiary/aromatic N) is 4. The monoisotopic (exact) mass is 247 g/mol. The van der Waals surface area contributed by atoms with Crippen molar-refractivity contribution >= 4 is 5.69 Å². The molecule has 6 heteroatoms. The standard InChI is InChI=1S/C12H17N5O/c1-10(2)15-11-8-12(18)17(14-9-11)7-6-16-5-3-4-13-16/h3-5,8-10,15H,6-7H2,1-2H3. The van der Waals surface area contributed by atoms with Crippen molar-refractivity contribution in [3.8, 4) is 0 Å². The van der Waals surface area contributed by atoms with Gasteiger partial charge in [0, 0.05) is 24.5 Å². The van der Waals surface area contributed by atoms with Gasteiger partial charge >= 0.3 is 0 Å². The lowest BCUT2D eigenvalue weighted by atomic mass is 10.3. The van der Waals surface area contributed by atoms with Gasteiger partial charge in [-0.2, -0.15) is 10.2 Å². The van der Waals surface area contributed by atoms with E-state index in [4.69, 9.17) is 0 Å². The van der Waals surface area contributed by atoms with Gasteiger partial charge in [0.2, 0.25) is 0 Å². The molecule has 2 aromatic rings. The maximum absolute atomic E-state index is 11.8. The van der Waals surface area contributed by atoms with Crippen molar-refractivity contribution in [1.29, 1.82) is 0 Å². The number of aromatic nitrogens is 4. The Morgan fingerprint density at radius 3 is 2.78 bits per heavy atom. The van der Waals surface area contributed by atoms with E-state index in [1.54, 1.807) is 23.1 Å². The number of anilines is 1. The molecule has 6 nitrogen and oxygen atoms in total. The first-order valence-corrected chi connectivity index (χ1v) is 5.96. The van der Waals surface area contributed by atoms with Crippen LogP contribution in [0.1, 0.15) is 13.8 Å². The Balaban J connectivity index is 2.03. The van der Waals surface area contributed by atoms with Crippen LogP contribution in [0.4, 0.5) is 5.69 Å². The zero-order valence-corrected chi connectivity index (χ0v) is 10.6. The van der Waals surface area contributed by atoms with Gasteiger partial charge in [-0.3, -0.25) is 9.48 Å². The van der Waals surface area contributed by atoms with Crippen molar-refractivity contribution in [2.24, 2.45) is 0 Å². The van der Waals surface area contributed by atoms with E-state index in [-0.39, 0.29) is 11.6 Å². The van der Waals surface area contributed by atoms with E-state index in [9.17, 15) is 4.79 Å². The number of hydrogen-bond donors (Lipinski definition) is 1. The summed E-state index contributed by atoms with van der Waals surface area (Å²) in [5.74, 6) is 0. The molecule has 0 amide bonds. The summed E-state index contributed by atoms with van der Waals surface area (Å²) in [5, 5.41) is 11.4. The lowest BCUT2D eigenvalue weighted by Crippen LogP contribution is -2.25. The molecule has 0 atom stereocenters. The van der Waals surface area contributed by atoms with Crippen molar-refractivity contribution in [3.63, 3.8) is 0 Å². The third kappa shape index (κ3) is 3.19. The van der Waals surface area contributed by atoms with Crippen LogP contribution in [-0.2, 0) is 13.1 Å². The minimum atomic E-state index is -0.104. The van der Waals surface area contributed by atoms with Crippen molar-refractivity contribution in [2.45, 2.75) is 33.0 Å². The van der Waals surface area contributed by atoms with Gasteiger partial charge in [0.25, 0.3) is 5.56 Å². The Morgan fingerprint density at radius 1 is 1.33 bits per heavy atom. The van der Waals surface area contributed by atoms with E-state index in [2.05, 4.69) is 15.5 Å². The molecule has 1 N–H and O–H groups in total. The molecule has 0 saturated heterocycles. The Labute approximate surface area is 105 Å². The Morgan fingerprint density at radius 2 is 2.17 bits per heavy atom. The van der Waals surface area contributed by atoms with E-state index in [1.165, 1.54) is 4.68 Å². The first kappa shape index (κ1) is 12.3. The maximum Gasteiger partial charge on any atom is 0.268 e. The molecule has 0 aliphatic rings. The average Bonchev–Trinajstić information content (AvgIpc) is 2.80. The zero-order valence-electron chi connectivity index (χ0n) is 10.6. The van der Waals surface area contributed by atoms with E-state index < -0.39 is 0 Å². The van der Waals surface area contributed by atoms with Crippen molar-refractivity contribution in [1.82, 2.24) is 19.6 Å². The minimum absolute atomic E-state index is 0.104. The molecular weight excluding hydrogens is 230 g/mol. The summed E-state index contributed by atoms with van der Waals surface area (Å²) in [6.07, 6.45) is 5.25. The number of rotatable bonds is 5. The number of hydrogen-bond acceptors (Lipinski definition) is 4. The highest BCUT2D eigenvalue weighted by atomic mass is 16.1. The second-order valence-electron chi connectivity index (χ2n) is 4.37.